The van der Waals surface area contributed by atoms with Crippen LogP contribution in [0.1, 0.15) is 32.5 Å². The van der Waals surface area contributed by atoms with Gasteiger partial charge in [0.25, 0.3) is 5.91 Å². The molecule has 0 saturated carbocycles. The molecule has 156 valence electrons. The number of fused-ring (bicyclic) bond motifs is 3. The summed E-state index contributed by atoms with van der Waals surface area (Å²) in [6.07, 6.45) is 2.14. The molecule has 1 amide bonds. The molecule has 0 radical (unpaired) electrons. The summed E-state index contributed by atoms with van der Waals surface area (Å²) in [6.45, 7) is 6.43. The van der Waals surface area contributed by atoms with Gasteiger partial charge in [-0.25, -0.2) is 9.37 Å². The Kier molecular flexibility index (Phi) is 6.89. The van der Waals surface area contributed by atoms with E-state index in [0.29, 0.717) is 24.6 Å². The molecule has 1 unspecified atom stereocenters. The molecule has 2 heterocycles. The highest BCUT2D eigenvalue weighted by atomic mass is 32.2. The highest BCUT2D eigenvalue weighted by molar-refractivity contribution is 7.98. The largest absolute Gasteiger partial charge is 0.367 e. The van der Waals surface area contributed by atoms with E-state index >= 15 is 0 Å². The quantitative estimate of drug-likeness (QED) is 0.408. The van der Waals surface area contributed by atoms with Gasteiger partial charge in [0.05, 0.1) is 11.0 Å². The number of nitrogens with zero attached hydrogens (tertiary/aromatic N) is 4. The van der Waals surface area contributed by atoms with E-state index in [2.05, 4.69) is 33.0 Å². The number of halogens is 1. The van der Waals surface area contributed by atoms with E-state index in [1.165, 1.54) is 0 Å². The minimum Gasteiger partial charge on any atom is -0.367 e. The van der Waals surface area contributed by atoms with Crippen LogP contribution in [0.4, 0.5) is 10.2 Å². The smallest absolute Gasteiger partial charge is 0.254 e. The fourth-order valence-electron chi connectivity index (χ4n) is 3.07. The first-order valence-electron chi connectivity index (χ1n) is 9.77. The van der Waals surface area contributed by atoms with E-state index in [1.54, 1.807) is 25.6 Å². The molecule has 0 fully saturated rings. The molecule has 0 saturated heterocycles. The number of carbonyl (C=O) groups excluding carboxylic acids is 1. The van der Waals surface area contributed by atoms with Crippen molar-refractivity contribution in [2.24, 2.45) is 5.92 Å². The van der Waals surface area contributed by atoms with E-state index in [0.717, 1.165) is 34.6 Å². The topological polar surface area (TPSA) is 84.2 Å². The summed E-state index contributed by atoms with van der Waals surface area (Å²) in [5.74, 6) is 0.649. The molecule has 2 aromatic heterocycles. The van der Waals surface area contributed by atoms with Crippen LogP contribution in [0.3, 0.4) is 0 Å². The number of anilines is 1. The molecule has 1 aromatic carbocycles. The number of hydrogen-bond donors (Lipinski definition) is 2. The molecule has 0 aliphatic heterocycles. The molecule has 0 aliphatic carbocycles. The molecule has 0 spiro atoms. The predicted octanol–water partition coefficient (Wildman–Crippen LogP) is 3.61. The lowest BCUT2D eigenvalue weighted by Crippen LogP contribution is -2.35. The second kappa shape index (κ2) is 9.39. The molecular weight excluding hydrogens is 391 g/mol. The van der Waals surface area contributed by atoms with Gasteiger partial charge in [-0.05, 0) is 50.1 Å². The molecule has 3 rings (SSSR count). The van der Waals surface area contributed by atoms with Crippen LogP contribution in [0.15, 0.2) is 23.1 Å². The van der Waals surface area contributed by atoms with Crippen molar-refractivity contribution in [1.29, 1.82) is 0 Å². The second-order valence-electron chi connectivity index (χ2n) is 7.29. The van der Waals surface area contributed by atoms with E-state index in [4.69, 9.17) is 4.98 Å². The second-order valence-corrected chi connectivity index (χ2v) is 8.17. The Labute approximate surface area is 173 Å². The molecule has 7 nitrogen and oxygen atoms in total. The van der Waals surface area contributed by atoms with Crippen molar-refractivity contribution in [3.8, 4) is 0 Å². The van der Waals surface area contributed by atoms with E-state index < -0.39 is 12.1 Å². The molecule has 2 N–H and O–H groups in total. The summed E-state index contributed by atoms with van der Waals surface area (Å²) < 4.78 is 15.6. The Balaban J connectivity index is 1.63. The average Bonchev–Trinajstić information content (AvgIpc) is 3.11. The van der Waals surface area contributed by atoms with Crippen molar-refractivity contribution >= 4 is 40.2 Å². The molecule has 1 atom stereocenters. The molecule has 9 heteroatoms. The van der Waals surface area contributed by atoms with E-state index in [1.807, 2.05) is 23.6 Å². The van der Waals surface area contributed by atoms with Crippen LogP contribution in [0.2, 0.25) is 0 Å². The Hall–Kier alpha value is -2.42. The highest BCUT2D eigenvalue weighted by Gasteiger charge is 2.20. The fraction of sp³-hybridized carbons (Fsp3) is 0.500. The predicted molar refractivity (Wildman–Crippen MR) is 115 cm³/mol. The SMILES string of the molecule is CSc1ccc2c(c1)nc(NCCCCNC(=O)C(F)C(C)C)c1nnc(C)n12. The maximum Gasteiger partial charge on any atom is 0.254 e. The standard InChI is InChI=1S/C20H27FN6OS/c1-12(2)17(21)20(28)23-10-6-5-9-22-18-19-26-25-13(3)27(19)16-8-7-14(29-4)11-15(16)24-18/h7-8,11-12,17H,5-6,9-10H2,1-4H3,(H,22,24)(H,23,28). The molecule has 0 bridgehead atoms. The van der Waals surface area contributed by atoms with Crippen LogP contribution in [0.5, 0.6) is 0 Å². The van der Waals surface area contributed by atoms with Crippen molar-refractivity contribution in [3.63, 3.8) is 0 Å². The van der Waals surface area contributed by atoms with E-state index in [-0.39, 0.29) is 5.92 Å². The van der Waals surface area contributed by atoms with Gasteiger partial charge in [-0.3, -0.25) is 9.20 Å². The Morgan fingerprint density at radius 1 is 1.24 bits per heavy atom. The number of rotatable bonds is 9. The maximum absolute atomic E-state index is 13.6. The molecule has 29 heavy (non-hydrogen) atoms. The van der Waals surface area contributed by atoms with Crippen LogP contribution in [-0.4, -0.2) is 51.0 Å². The van der Waals surface area contributed by atoms with Crippen molar-refractivity contribution in [1.82, 2.24) is 24.9 Å². The van der Waals surface area contributed by atoms with Gasteiger partial charge >= 0.3 is 0 Å². The van der Waals surface area contributed by atoms with Crippen LogP contribution in [0, 0.1) is 12.8 Å². The van der Waals surface area contributed by atoms with Crippen LogP contribution < -0.4 is 10.6 Å². The number of amides is 1. The highest BCUT2D eigenvalue weighted by Crippen LogP contribution is 2.25. The average molecular weight is 419 g/mol. The molecule has 3 aromatic rings. The Bertz CT molecular complexity index is 1010. The van der Waals surface area contributed by atoms with Gasteiger partial charge in [-0.1, -0.05) is 13.8 Å². The molecule has 0 aliphatic rings. The van der Waals surface area contributed by atoms with Crippen molar-refractivity contribution in [2.75, 3.05) is 24.7 Å². The summed E-state index contributed by atoms with van der Waals surface area (Å²) in [6, 6.07) is 6.16. The van der Waals surface area contributed by atoms with E-state index in [9.17, 15) is 9.18 Å². The number of carbonyl (C=O) groups is 1. The Morgan fingerprint density at radius 2 is 2.00 bits per heavy atom. The zero-order valence-corrected chi connectivity index (χ0v) is 18.0. The lowest BCUT2D eigenvalue weighted by molar-refractivity contribution is -0.127. The number of nitrogens with one attached hydrogen (secondary N) is 2. The van der Waals surface area contributed by atoms with Gasteiger partial charge in [0, 0.05) is 18.0 Å². The number of aromatic nitrogens is 4. The van der Waals surface area contributed by atoms with Crippen molar-refractivity contribution < 1.29 is 9.18 Å². The first-order valence-corrected chi connectivity index (χ1v) is 11.0. The maximum atomic E-state index is 13.6. The van der Waals surface area contributed by atoms with Gasteiger partial charge in [-0.15, -0.1) is 22.0 Å². The van der Waals surface area contributed by atoms with Crippen LogP contribution in [0.25, 0.3) is 16.7 Å². The normalized spacial score (nSPS) is 12.6. The fourth-order valence-corrected chi connectivity index (χ4v) is 3.50. The first kappa shape index (κ1) is 21.3. The third-order valence-corrected chi connectivity index (χ3v) is 5.45. The van der Waals surface area contributed by atoms with Gasteiger partial charge < -0.3 is 10.6 Å². The zero-order chi connectivity index (χ0) is 21.0. The van der Waals surface area contributed by atoms with Gasteiger partial charge in [0.2, 0.25) is 5.65 Å². The van der Waals surface area contributed by atoms with Crippen molar-refractivity contribution in [3.05, 3.63) is 24.0 Å². The summed E-state index contributed by atoms with van der Waals surface area (Å²) in [5.41, 5.74) is 2.54. The number of hydrogen-bond acceptors (Lipinski definition) is 6. The summed E-state index contributed by atoms with van der Waals surface area (Å²) in [7, 11) is 0. The lowest BCUT2D eigenvalue weighted by Gasteiger charge is -2.12. The van der Waals surface area contributed by atoms with Crippen molar-refractivity contribution in [2.45, 2.75) is 44.7 Å². The number of alkyl halides is 1. The van der Waals surface area contributed by atoms with Gasteiger partial charge in [0.15, 0.2) is 12.0 Å². The summed E-state index contributed by atoms with van der Waals surface area (Å²) >= 11 is 1.67. The minimum atomic E-state index is -1.45. The first-order chi connectivity index (χ1) is 13.9. The number of aryl methyl sites for hydroxylation is 1. The number of thioether (sulfide) groups is 1. The summed E-state index contributed by atoms with van der Waals surface area (Å²) in [4.78, 5) is 17.5. The lowest BCUT2D eigenvalue weighted by atomic mass is 10.1. The Morgan fingerprint density at radius 3 is 2.72 bits per heavy atom. The monoisotopic (exact) mass is 418 g/mol. The minimum absolute atomic E-state index is 0.309. The third kappa shape index (κ3) is 4.77. The number of benzene rings is 1. The van der Waals surface area contributed by atoms with Gasteiger partial charge in [-0.2, -0.15) is 0 Å². The van der Waals surface area contributed by atoms with Gasteiger partial charge in [0.1, 0.15) is 5.82 Å². The number of unbranched alkanes of at least 4 members (excludes halogenated alkanes) is 1. The summed E-state index contributed by atoms with van der Waals surface area (Å²) in [5, 5.41) is 14.4. The molecular formula is C20H27FN6OS. The third-order valence-electron chi connectivity index (χ3n) is 4.72. The van der Waals surface area contributed by atoms with Crippen LogP contribution >= 0.6 is 11.8 Å². The zero-order valence-electron chi connectivity index (χ0n) is 17.2. The van der Waals surface area contributed by atoms with Crippen LogP contribution in [-0.2, 0) is 4.79 Å².